The molecule has 0 spiro atoms. The summed E-state index contributed by atoms with van der Waals surface area (Å²) in [5, 5.41) is 8.78. The van der Waals surface area contributed by atoms with Gasteiger partial charge < -0.3 is 0 Å². The van der Waals surface area contributed by atoms with Crippen LogP contribution in [0.3, 0.4) is 0 Å². The second kappa shape index (κ2) is 4.14. The Morgan fingerprint density at radius 2 is 2.08 bits per heavy atom. The minimum absolute atomic E-state index is 0.524. The van der Waals surface area contributed by atoms with Crippen LogP contribution in [0, 0.1) is 17.2 Å². The third-order valence-electron chi connectivity index (χ3n) is 2.80. The Hall–Kier alpha value is -0.220. The highest BCUT2D eigenvalue weighted by molar-refractivity contribution is 6.25. The van der Waals surface area contributed by atoms with Crippen LogP contribution in [0.25, 0.3) is 0 Å². The number of hydrogen-bond donors (Lipinski definition) is 0. The molecular formula is C10H16ClN. The summed E-state index contributed by atoms with van der Waals surface area (Å²) in [4.78, 5) is -0.524. The van der Waals surface area contributed by atoms with Gasteiger partial charge in [-0.25, -0.2) is 0 Å². The third-order valence-corrected chi connectivity index (χ3v) is 3.26. The topological polar surface area (TPSA) is 23.8 Å². The van der Waals surface area contributed by atoms with Gasteiger partial charge in [0.25, 0.3) is 0 Å². The van der Waals surface area contributed by atoms with E-state index >= 15 is 0 Å². The van der Waals surface area contributed by atoms with Crippen LogP contribution in [-0.2, 0) is 0 Å². The summed E-state index contributed by atoms with van der Waals surface area (Å²) in [6.07, 6.45) is 6.62. The van der Waals surface area contributed by atoms with Crippen molar-refractivity contribution in [2.75, 3.05) is 0 Å². The third kappa shape index (κ3) is 2.38. The molecule has 0 radical (unpaired) electrons. The molecule has 0 saturated heterocycles. The summed E-state index contributed by atoms with van der Waals surface area (Å²) >= 11 is 6.06. The lowest BCUT2D eigenvalue weighted by Crippen LogP contribution is -2.26. The van der Waals surface area contributed by atoms with Crippen molar-refractivity contribution in [3.8, 4) is 6.07 Å². The Labute approximate surface area is 79.7 Å². The zero-order valence-corrected chi connectivity index (χ0v) is 8.40. The second-order valence-electron chi connectivity index (χ2n) is 3.81. The standard InChI is InChI=1S/C10H16ClN/c1-2-3-9-4-6-10(11,8-12)7-5-9/h9H,2-7H2,1H3. The molecule has 0 N–H and O–H groups in total. The monoisotopic (exact) mass is 185 g/mol. The summed E-state index contributed by atoms with van der Waals surface area (Å²) in [6.45, 7) is 2.22. The molecular weight excluding hydrogens is 170 g/mol. The Morgan fingerprint density at radius 1 is 1.50 bits per heavy atom. The first kappa shape index (κ1) is 9.86. The average molecular weight is 186 g/mol. The number of nitrogens with zero attached hydrogens (tertiary/aromatic N) is 1. The maximum Gasteiger partial charge on any atom is 0.131 e. The minimum Gasteiger partial charge on any atom is -0.196 e. The van der Waals surface area contributed by atoms with Crippen LogP contribution in [0.4, 0.5) is 0 Å². The van der Waals surface area contributed by atoms with Crippen LogP contribution in [-0.4, -0.2) is 4.87 Å². The van der Waals surface area contributed by atoms with Gasteiger partial charge >= 0.3 is 0 Å². The zero-order chi connectivity index (χ0) is 9.03. The molecule has 12 heavy (non-hydrogen) atoms. The number of hydrogen-bond acceptors (Lipinski definition) is 1. The van der Waals surface area contributed by atoms with Gasteiger partial charge in [-0.1, -0.05) is 19.8 Å². The Balaban J connectivity index is 2.35. The number of nitriles is 1. The molecule has 0 aliphatic heterocycles. The predicted octanol–water partition coefficient (Wildman–Crippen LogP) is 3.48. The van der Waals surface area contributed by atoms with Crippen LogP contribution < -0.4 is 0 Å². The van der Waals surface area contributed by atoms with E-state index in [0.717, 1.165) is 31.6 Å². The summed E-state index contributed by atoms with van der Waals surface area (Å²) in [5.41, 5.74) is 0. The summed E-state index contributed by atoms with van der Waals surface area (Å²) in [7, 11) is 0. The van der Waals surface area contributed by atoms with E-state index < -0.39 is 4.87 Å². The van der Waals surface area contributed by atoms with Gasteiger partial charge in [0, 0.05) is 0 Å². The first-order valence-corrected chi connectivity index (χ1v) is 5.18. The molecule has 1 fully saturated rings. The highest BCUT2D eigenvalue weighted by Gasteiger charge is 2.32. The lowest BCUT2D eigenvalue weighted by Gasteiger charge is -2.29. The van der Waals surface area contributed by atoms with Crippen molar-refractivity contribution in [3.63, 3.8) is 0 Å². The van der Waals surface area contributed by atoms with Gasteiger partial charge in [-0.2, -0.15) is 5.26 Å². The van der Waals surface area contributed by atoms with E-state index in [-0.39, 0.29) is 0 Å². The van der Waals surface area contributed by atoms with Gasteiger partial charge in [0.15, 0.2) is 0 Å². The summed E-state index contributed by atoms with van der Waals surface area (Å²) in [6, 6.07) is 2.21. The molecule has 2 heteroatoms. The fraction of sp³-hybridized carbons (Fsp3) is 0.900. The number of rotatable bonds is 2. The van der Waals surface area contributed by atoms with Crippen LogP contribution in [0.15, 0.2) is 0 Å². The highest BCUT2D eigenvalue weighted by Crippen LogP contribution is 2.37. The van der Waals surface area contributed by atoms with Gasteiger partial charge in [0.05, 0.1) is 6.07 Å². The average Bonchev–Trinajstić information content (AvgIpc) is 2.10. The van der Waals surface area contributed by atoms with Crippen molar-refractivity contribution in [2.24, 2.45) is 5.92 Å². The van der Waals surface area contributed by atoms with E-state index in [1.807, 2.05) is 0 Å². The largest absolute Gasteiger partial charge is 0.196 e. The molecule has 0 aromatic rings. The first-order chi connectivity index (χ1) is 5.70. The van der Waals surface area contributed by atoms with E-state index in [1.165, 1.54) is 12.8 Å². The first-order valence-electron chi connectivity index (χ1n) is 4.80. The fourth-order valence-electron chi connectivity index (χ4n) is 1.94. The van der Waals surface area contributed by atoms with Gasteiger partial charge in [0.1, 0.15) is 4.87 Å². The molecule has 1 rings (SSSR count). The molecule has 1 nitrogen and oxygen atoms in total. The van der Waals surface area contributed by atoms with E-state index in [2.05, 4.69) is 13.0 Å². The maximum absolute atomic E-state index is 8.78. The van der Waals surface area contributed by atoms with Crippen molar-refractivity contribution in [1.29, 1.82) is 5.26 Å². The molecule has 0 bridgehead atoms. The lowest BCUT2D eigenvalue weighted by atomic mass is 9.80. The number of halogens is 1. The van der Waals surface area contributed by atoms with Crippen molar-refractivity contribution < 1.29 is 0 Å². The van der Waals surface area contributed by atoms with Gasteiger partial charge in [-0.3, -0.25) is 0 Å². The Bertz CT molecular complexity index is 175. The van der Waals surface area contributed by atoms with Gasteiger partial charge in [0.2, 0.25) is 0 Å². The molecule has 68 valence electrons. The second-order valence-corrected chi connectivity index (χ2v) is 4.53. The van der Waals surface area contributed by atoms with Crippen molar-refractivity contribution in [3.05, 3.63) is 0 Å². The van der Waals surface area contributed by atoms with E-state index in [1.54, 1.807) is 0 Å². The normalized spacial score (nSPS) is 35.9. The van der Waals surface area contributed by atoms with Crippen LogP contribution in [0.2, 0.25) is 0 Å². The molecule has 1 saturated carbocycles. The zero-order valence-electron chi connectivity index (χ0n) is 7.65. The Morgan fingerprint density at radius 3 is 2.50 bits per heavy atom. The molecule has 0 heterocycles. The number of alkyl halides is 1. The summed E-state index contributed by atoms with van der Waals surface area (Å²) in [5.74, 6) is 0.829. The smallest absolute Gasteiger partial charge is 0.131 e. The van der Waals surface area contributed by atoms with Crippen LogP contribution >= 0.6 is 11.6 Å². The lowest BCUT2D eigenvalue weighted by molar-refractivity contribution is 0.312. The minimum atomic E-state index is -0.524. The SMILES string of the molecule is CCCC1CCC(Cl)(C#N)CC1. The molecule has 1 aliphatic rings. The van der Waals surface area contributed by atoms with Crippen molar-refractivity contribution >= 4 is 11.6 Å². The van der Waals surface area contributed by atoms with E-state index in [9.17, 15) is 0 Å². The predicted molar refractivity (Wildman–Crippen MR) is 51.1 cm³/mol. The molecule has 0 aromatic carbocycles. The fourth-order valence-corrected chi connectivity index (χ4v) is 2.16. The van der Waals surface area contributed by atoms with E-state index in [0.29, 0.717) is 0 Å². The van der Waals surface area contributed by atoms with Crippen molar-refractivity contribution in [2.45, 2.75) is 50.3 Å². The van der Waals surface area contributed by atoms with Crippen LogP contribution in [0.5, 0.6) is 0 Å². The molecule has 0 unspecified atom stereocenters. The molecule has 0 aromatic heterocycles. The highest BCUT2D eigenvalue weighted by atomic mass is 35.5. The van der Waals surface area contributed by atoms with Gasteiger partial charge in [-0.15, -0.1) is 11.6 Å². The van der Waals surface area contributed by atoms with Crippen molar-refractivity contribution in [1.82, 2.24) is 0 Å². The maximum atomic E-state index is 8.78. The molecule has 0 atom stereocenters. The van der Waals surface area contributed by atoms with Crippen LogP contribution in [0.1, 0.15) is 45.4 Å². The van der Waals surface area contributed by atoms with E-state index in [4.69, 9.17) is 16.9 Å². The Kier molecular flexibility index (Phi) is 3.40. The quantitative estimate of drug-likeness (QED) is 0.605. The summed E-state index contributed by atoms with van der Waals surface area (Å²) < 4.78 is 0. The molecule has 0 amide bonds. The van der Waals surface area contributed by atoms with Gasteiger partial charge in [-0.05, 0) is 31.6 Å². The molecule has 1 aliphatic carbocycles.